The summed E-state index contributed by atoms with van der Waals surface area (Å²) in [7, 11) is -3.11. The summed E-state index contributed by atoms with van der Waals surface area (Å²) >= 11 is 6.18. The van der Waals surface area contributed by atoms with E-state index in [1.807, 2.05) is 32.0 Å². The lowest BCUT2D eigenvalue weighted by molar-refractivity contribution is -0.385. The summed E-state index contributed by atoms with van der Waals surface area (Å²) < 4.78 is 33.9. The maximum absolute atomic E-state index is 13.9. The molecule has 3 aromatic carbocycles. The van der Waals surface area contributed by atoms with E-state index < -0.39 is 27.4 Å². The van der Waals surface area contributed by atoms with Crippen LogP contribution < -0.4 is 14.4 Å². The number of anilines is 2. The van der Waals surface area contributed by atoms with Crippen LogP contribution in [0.3, 0.4) is 0 Å². The molecule has 11 heteroatoms. The van der Waals surface area contributed by atoms with Gasteiger partial charge in [0.05, 0.1) is 22.6 Å². The minimum Gasteiger partial charge on any atom is -0.495 e. The van der Waals surface area contributed by atoms with Gasteiger partial charge >= 0.3 is 0 Å². The Hall–Kier alpha value is -3.63. The average molecular weight is 546 g/mol. The van der Waals surface area contributed by atoms with Crippen LogP contribution in [0.5, 0.6) is 5.75 Å². The molecule has 196 valence electrons. The maximum Gasteiger partial charge on any atom is 0.273 e. The van der Waals surface area contributed by atoms with Gasteiger partial charge in [-0.2, -0.15) is 0 Å². The molecule has 0 aromatic heterocycles. The van der Waals surface area contributed by atoms with Gasteiger partial charge in [-0.05, 0) is 55.2 Å². The van der Waals surface area contributed by atoms with Crippen LogP contribution in [0.25, 0.3) is 0 Å². The van der Waals surface area contributed by atoms with Gasteiger partial charge in [-0.1, -0.05) is 49.7 Å². The second-order valence-electron chi connectivity index (χ2n) is 8.24. The van der Waals surface area contributed by atoms with Crippen LogP contribution in [-0.2, 0) is 27.7 Å². The zero-order valence-electron chi connectivity index (χ0n) is 20.9. The first-order chi connectivity index (χ1) is 17.5. The van der Waals surface area contributed by atoms with Crippen LogP contribution in [0.1, 0.15) is 30.5 Å². The first-order valence-corrected chi connectivity index (χ1v) is 13.4. The summed E-state index contributed by atoms with van der Waals surface area (Å²) in [6.07, 6.45) is 1.33. The number of aryl methyl sites for hydroxylation is 3. The Bertz CT molecular complexity index is 1420. The number of halogens is 1. The quantitative estimate of drug-likeness (QED) is 0.264. The molecular weight excluding hydrogens is 518 g/mol. The van der Waals surface area contributed by atoms with E-state index in [2.05, 4.69) is 5.32 Å². The van der Waals surface area contributed by atoms with Gasteiger partial charge in [0.2, 0.25) is 5.91 Å². The number of hydrogen-bond donors (Lipinski definition) is 1. The minimum absolute atomic E-state index is 0.0212. The summed E-state index contributed by atoms with van der Waals surface area (Å²) in [5, 5.41) is 14.6. The van der Waals surface area contributed by atoms with Crippen LogP contribution in [-0.4, -0.2) is 32.9 Å². The van der Waals surface area contributed by atoms with E-state index >= 15 is 0 Å². The first kappa shape index (κ1) is 27.9. The molecule has 37 heavy (non-hydrogen) atoms. The number of nitrogens with one attached hydrogen (secondary N) is 1. The van der Waals surface area contributed by atoms with Gasteiger partial charge in [-0.3, -0.25) is 19.2 Å². The van der Waals surface area contributed by atoms with Crippen molar-refractivity contribution in [1.82, 2.24) is 0 Å². The molecule has 0 saturated carbocycles. The summed E-state index contributed by atoms with van der Waals surface area (Å²) in [5.74, 6) is -0.437. The lowest BCUT2D eigenvalue weighted by atomic mass is 10.0. The second kappa shape index (κ2) is 11.6. The van der Waals surface area contributed by atoms with Gasteiger partial charge in [0.15, 0.2) is 0 Å². The molecule has 0 fully saturated rings. The second-order valence-corrected chi connectivity index (χ2v) is 10.5. The number of rotatable bonds is 10. The van der Waals surface area contributed by atoms with Crippen molar-refractivity contribution in [2.24, 2.45) is 0 Å². The molecule has 9 nitrogen and oxygen atoms in total. The lowest BCUT2D eigenvalue weighted by Crippen LogP contribution is -2.38. The SMILES string of the molecule is CCc1cccc(CC)c1NC(=O)CN(c1cc(Cl)ccc1OC)S(=O)(=O)c1ccc(C)c([N+](=O)[O-])c1. The largest absolute Gasteiger partial charge is 0.495 e. The third-order valence-electron chi connectivity index (χ3n) is 5.93. The summed E-state index contributed by atoms with van der Waals surface area (Å²) in [6.45, 7) is 4.81. The highest BCUT2D eigenvalue weighted by atomic mass is 35.5. The highest BCUT2D eigenvalue weighted by Crippen LogP contribution is 2.36. The van der Waals surface area contributed by atoms with Crippen LogP contribution in [0, 0.1) is 17.0 Å². The molecule has 1 amide bonds. The highest BCUT2D eigenvalue weighted by Gasteiger charge is 2.31. The number of benzene rings is 3. The Morgan fingerprint density at radius 3 is 2.30 bits per heavy atom. The molecule has 1 N–H and O–H groups in total. The minimum atomic E-state index is -4.47. The normalized spacial score (nSPS) is 11.2. The standard InChI is InChI=1S/C26H28ClN3O6S/c1-5-18-8-7-9-19(6-2)26(18)28-25(31)16-29(23-14-20(27)11-13-24(23)36-4)37(34,35)21-12-10-17(3)22(15-21)30(32)33/h7-15H,5-6,16H2,1-4H3,(H,28,31). The molecule has 0 bridgehead atoms. The van der Waals surface area contributed by atoms with Crippen LogP contribution in [0.2, 0.25) is 5.02 Å². The van der Waals surface area contributed by atoms with Gasteiger partial charge < -0.3 is 10.1 Å². The number of para-hydroxylation sites is 1. The molecule has 0 saturated heterocycles. The van der Waals surface area contributed by atoms with Crippen molar-refractivity contribution in [3.8, 4) is 5.75 Å². The number of nitro benzene ring substituents is 1. The van der Waals surface area contributed by atoms with Gasteiger partial charge in [-0.25, -0.2) is 8.42 Å². The maximum atomic E-state index is 13.9. The molecule has 0 aliphatic carbocycles. The van der Waals surface area contributed by atoms with Crippen molar-refractivity contribution in [3.63, 3.8) is 0 Å². The monoisotopic (exact) mass is 545 g/mol. The molecule has 3 aromatic rings. The van der Waals surface area contributed by atoms with E-state index in [1.54, 1.807) is 0 Å². The van der Waals surface area contributed by atoms with Gasteiger partial charge in [0.1, 0.15) is 12.3 Å². The van der Waals surface area contributed by atoms with E-state index in [0.29, 0.717) is 24.1 Å². The van der Waals surface area contributed by atoms with E-state index in [-0.39, 0.29) is 27.0 Å². The number of carbonyl (C=O) groups excluding carboxylic acids is 1. The van der Waals surface area contributed by atoms with E-state index in [0.717, 1.165) is 21.5 Å². The Kier molecular flexibility index (Phi) is 8.77. The van der Waals surface area contributed by atoms with Gasteiger partial charge in [-0.15, -0.1) is 0 Å². The van der Waals surface area contributed by atoms with E-state index in [4.69, 9.17) is 16.3 Å². The molecule has 0 heterocycles. The Morgan fingerprint density at radius 2 is 1.73 bits per heavy atom. The van der Waals surface area contributed by atoms with Gasteiger partial charge in [0, 0.05) is 22.3 Å². The number of amides is 1. The van der Waals surface area contributed by atoms with Crippen molar-refractivity contribution in [2.75, 3.05) is 23.3 Å². The average Bonchev–Trinajstić information content (AvgIpc) is 2.87. The number of methoxy groups -OCH3 is 1. The molecule has 0 aliphatic heterocycles. The Balaban J connectivity index is 2.13. The Morgan fingerprint density at radius 1 is 1.08 bits per heavy atom. The zero-order chi connectivity index (χ0) is 27.3. The van der Waals surface area contributed by atoms with Crippen molar-refractivity contribution in [2.45, 2.75) is 38.5 Å². The van der Waals surface area contributed by atoms with Crippen molar-refractivity contribution in [3.05, 3.63) is 86.4 Å². The fourth-order valence-electron chi connectivity index (χ4n) is 3.94. The van der Waals surface area contributed by atoms with Crippen molar-refractivity contribution >= 4 is 44.6 Å². The summed E-state index contributed by atoms with van der Waals surface area (Å²) in [5.41, 5.74) is 2.43. The van der Waals surface area contributed by atoms with E-state index in [9.17, 15) is 23.3 Å². The molecule has 0 atom stereocenters. The third kappa shape index (κ3) is 6.03. The molecule has 3 rings (SSSR count). The predicted octanol–water partition coefficient (Wildman–Crippen LogP) is 5.52. The number of carbonyl (C=O) groups is 1. The lowest BCUT2D eigenvalue weighted by Gasteiger charge is -2.26. The molecule has 0 spiro atoms. The molecule has 0 aliphatic rings. The van der Waals surface area contributed by atoms with Gasteiger partial charge in [0.25, 0.3) is 15.7 Å². The number of ether oxygens (including phenoxy) is 1. The summed E-state index contributed by atoms with van der Waals surface area (Å²) in [4.78, 5) is 23.8. The zero-order valence-corrected chi connectivity index (χ0v) is 22.5. The summed E-state index contributed by atoms with van der Waals surface area (Å²) in [6, 6.07) is 13.7. The predicted molar refractivity (Wildman–Crippen MR) is 144 cm³/mol. The number of nitrogens with zero attached hydrogens (tertiary/aromatic N) is 2. The van der Waals surface area contributed by atoms with Crippen LogP contribution in [0.4, 0.5) is 17.1 Å². The van der Waals surface area contributed by atoms with E-state index in [1.165, 1.54) is 44.4 Å². The van der Waals surface area contributed by atoms with Crippen molar-refractivity contribution in [1.29, 1.82) is 0 Å². The van der Waals surface area contributed by atoms with Crippen LogP contribution >= 0.6 is 11.6 Å². The number of hydrogen-bond acceptors (Lipinski definition) is 6. The number of nitro groups is 1. The smallest absolute Gasteiger partial charge is 0.273 e. The molecule has 0 unspecified atom stereocenters. The van der Waals surface area contributed by atoms with Crippen LogP contribution in [0.15, 0.2) is 59.5 Å². The first-order valence-electron chi connectivity index (χ1n) is 11.5. The highest BCUT2D eigenvalue weighted by molar-refractivity contribution is 7.92. The Labute approximate surface area is 221 Å². The van der Waals surface area contributed by atoms with Crippen molar-refractivity contribution < 1.29 is 22.9 Å². The molecule has 0 radical (unpaired) electrons. The fourth-order valence-corrected chi connectivity index (χ4v) is 5.55. The third-order valence-corrected chi connectivity index (χ3v) is 7.92. The number of sulfonamides is 1. The molecular formula is C26H28ClN3O6S. The fraction of sp³-hybridized carbons (Fsp3) is 0.269. The topological polar surface area (TPSA) is 119 Å².